The number of carbonyl (C=O) groups excluding carboxylic acids is 2. The molecule has 0 radical (unpaired) electrons. The molecule has 1 aliphatic rings. The summed E-state index contributed by atoms with van der Waals surface area (Å²) in [6.07, 6.45) is 0. The summed E-state index contributed by atoms with van der Waals surface area (Å²) < 4.78 is 0. The van der Waals surface area contributed by atoms with Gasteiger partial charge in [-0.05, 0) is 6.92 Å². The third kappa shape index (κ3) is 2.88. The highest BCUT2D eigenvalue weighted by Gasteiger charge is 2.18. The Morgan fingerprint density at radius 1 is 1.79 bits per heavy atom. The van der Waals surface area contributed by atoms with E-state index in [2.05, 4.69) is 10.6 Å². The maximum Gasteiger partial charge on any atom is 0.317 e. The van der Waals surface area contributed by atoms with Gasteiger partial charge in [-0.25, -0.2) is 4.79 Å². The van der Waals surface area contributed by atoms with E-state index < -0.39 is 0 Å². The summed E-state index contributed by atoms with van der Waals surface area (Å²) in [5, 5.41) is 5.63. The molecule has 1 fully saturated rings. The normalized spacial score (nSPS) is 18.1. The molecule has 1 rings (SSSR count). The zero-order chi connectivity index (χ0) is 10.6. The Labute approximate surface area is 82.8 Å². The molecule has 1 heterocycles. The minimum Gasteiger partial charge on any atom is -0.368 e. The number of hydrogen-bond donors (Lipinski definition) is 3. The average Bonchev–Trinajstić information content (AvgIpc) is 2.51. The predicted octanol–water partition coefficient (Wildman–Crippen LogP) is -1.52. The Balaban J connectivity index is 2.15. The van der Waals surface area contributed by atoms with Crippen LogP contribution in [0.1, 0.15) is 6.92 Å². The van der Waals surface area contributed by atoms with Gasteiger partial charge in [0.25, 0.3) is 0 Å². The largest absolute Gasteiger partial charge is 0.368 e. The molecule has 1 atom stereocenters. The van der Waals surface area contributed by atoms with Crippen molar-refractivity contribution in [2.24, 2.45) is 5.73 Å². The molecule has 3 amide bonds. The van der Waals surface area contributed by atoms with E-state index in [9.17, 15) is 9.59 Å². The lowest BCUT2D eigenvalue weighted by Crippen LogP contribution is -2.43. The Bertz CT molecular complexity index is 231. The highest BCUT2D eigenvalue weighted by molar-refractivity contribution is 5.79. The van der Waals surface area contributed by atoms with Gasteiger partial charge in [0.15, 0.2) is 0 Å². The lowest BCUT2D eigenvalue weighted by molar-refractivity contribution is -0.119. The second-order valence-electron chi connectivity index (χ2n) is 3.30. The fourth-order valence-electron chi connectivity index (χ4n) is 1.24. The minimum absolute atomic E-state index is 0.0430. The molecule has 1 unspecified atom stereocenters. The van der Waals surface area contributed by atoms with Crippen LogP contribution in [-0.4, -0.2) is 49.1 Å². The van der Waals surface area contributed by atoms with Crippen molar-refractivity contribution in [1.29, 1.82) is 0 Å². The first-order valence-corrected chi connectivity index (χ1v) is 4.66. The van der Waals surface area contributed by atoms with Gasteiger partial charge in [0, 0.05) is 26.2 Å². The number of rotatable bonds is 5. The van der Waals surface area contributed by atoms with Gasteiger partial charge in [0.2, 0.25) is 5.91 Å². The third-order valence-electron chi connectivity index (χ3n) is 2.20. The van der Waals surface area contributed by atoms with Crippen molar-refractivity contribution in [3.05, 3.63) is 0 Å². The number of urea groups is 1. The summed E-state index contributed by atoms with van der Waals surface area (Å²) in [5.74, 6) is -0.379. The summed E-state index contributed by atoms with van der Waals surface area (Å²) in [6, 6.07) is -0.390. The number of nitrogens with zero attached hydrogens (tertiary/aromatic N) is 1. The predicted molar refractivity (Wildman–Crippen MR) is 51.6 cm³/mol. The molecule has 1 saturated heterocycles. The zero-order valence-corrected chi connectivity index (χ0v) is 8.25. The van der Waals surface area contributed by atoms with Gasteiger partial charge in [0.1, 0.15) is 0 Å². The van der Waals surface area contributed by atoms with E-state index in [1.54, 1.807) is 11.8 Å². The quantitative estimate of drug-likeness (QED) is 0.503. The van der Waals surface area contributed by atoms with Crippen LogP contribution in [0.2, 0.25) is 0 Å². The molecule has 1 aliphatic heterocycles. The van der Waals surface area contributed by atoms with Crippen molar-refractivity contribution in [2.75, 3.05) is 26.2 Å². The van der Waals surface area contributed by atoms with E-state index in [1.165, 1.54) is 0 Å². The first-order chi connectivity index (χ1) is 6.61. The highest BCUT2D eigenvalue weighted by atomic mass is 16.2. The van der Waals surface area contributed by atoms with Gasteiger partial charge < -0.3 is 21.3 Å². The smallest absolute Gasteiger partial charge is 0.317 e. The number of primary amides is 1. The molecule has 0 aromatic rings. The maximum absolute atomic E-state index is 11.1. The minimum atomic E-state index is -0.379. The van der Waals surface area contributed by atoms with Crippen LogP contribution in [0.5, 0.6) is 0 Å². The van der Waals surface area contributed by atoms with Crippen LogP contribution >= 0.6 is 0 Å². The van der Waals surface area contributed by atoms with Crippen LogP contribution in [0.15, 0.2) is 0 Å². The molecular weight excluding hydrogens is 184 g/mol. The lowest BCUT2D eigenvalue weighted by atomic mass is 10.3. The van der Waals surface area contributed by atoms with Crippen LogP contribution < -0.4 is 16.4 Å². The van der Waals surface area contributed by atoms with Gasteiger partial charge in [-0.15, -0.1) is 0 Å². The zero-order valence-electron chi connectivity index (χ0n) is 8.25. The first kappa shape index (κ1) is 10.8. The second-order valence-corrected chi connectivity index (χ2v) is 3.30. The molecule has 0 bridgehead atoms. The molecule has 0 aromatic heterocycles. The molecular formula is C8H16N4O2. The summed E-state index contributed by atoms with van der Waals surface area (Å²) >= 11 is 0. The lowest BCUT2D eigenvalue weighted by Gasteiger charge is -2.16. The van der Waals surface area contributed by atoms with Crippen LogP contribution in [0.4, 0.5) is 4.79 Å². The topological polar surface area (TPSA) is 87.5 Å². The van der Waals surface area contributed by atoms with Crippen molar-refractivity contribution in [1.82, 2.24) is 15.5 Å². The summed E-state index contributed by atoms with van der Waals surface area (Å²) in [7, 11) is 0. The molecule has 80 valence electrons. The summed E-state index contributed by atoms with van der Waals surface area (Å²) in [5.41, 5.74) is 5.06. The molecule has 0 aromatic carbocycles. The summed E-state index contributed by atoms with van der Waals surface area (Å²) in [4.78, 5) is 23.4. The Kier molecular flexibility index (Phi) is 3.70. The number of hydrogen-bond acceptors (Lipinski definition) is 3. The van der Waals surface area contributed by atoms with Gasteiger partial charge in [0.05, 0.1) is 6.04 Å². The Morgan fingerprint density at radius 3 is 3.00 bits per heavy atom. The van der Waals surface area contributed by atoms with Crippen LogP contribution in [-0.2, 0) is 4.79 Å². The van der Waals surface area contributed by atoms with E-state index in [0.29, 0.717) is 19.6 Å². The monoisotopic (exact) mass is 200 g/mol. The number of carbonyl (C=O) groups is 2. The van der Waals surface area contributed by atoms with Crippen molar-refractivity contribution in [3.63, 3.8) is 0 Å². The van der Waals surface area contributed by atoms with E-state index >= 15 is 0 Å². The van der Waals surface area contributed by atoms with Crippen LogP contribution in [0, 0.1) is 0 Å². The van der Waals surface area contributed by atoms with E-state index in [1.807, 2.05) is 0 Å². The first-order valence-electron chi connectivity index (χ1n) is 4.66. The van der Waals surface area contributed by atoms with Crippen LogP contribution in [0.25, 0.3) is 0 Å². The number of amides is 3. The highest BCUT2D eigenvalue weighted by Crippen LogP contribution is 1.94. The second kappa shape index (κ2) is 4.80. The van der Waals surface area contributed by atoms with E-state index in [4.69, 9.17) is 5.73 Å². The molecule has 0 aliphatic carbocycles. The SMILES string of the molecule is CC(NCCN1CCNC1=O)C(N)=O. The van der Waals surface area contributed by atoms with Gasteiger partial charge >= 0.3 is 6.03 Å². The molecule has 6 nitrogen and oxygen atoms in total. The summed E-state index contributed by atoms with van der Waals surface area (Å²) in [6.45, 7) is 4.31. The third-order valence-corrected chi connectivity index (χ3v) is 2.20. The van der Waals surface area contributed by atoms with Gasteiger partial charge in [-0.1, -0.05) is 0 Å². The number of nitrogens with two attached hydrogens (primary N) is 1. The molecule has 14 heavy (non-hydrogen) atoms. The Hall–Kier alpha value is -1.30. The number of nitrogens with one attached hydrogen (secondary N) is 2. The fraction of sp³-hybridized carbons (Fsp3) is 0.750. The van der Waals surface area contributed by atoms with E-state index in [-0.39, 0.29) is 18.0 Å². The van der Waals surface area contributed by atoms with Crippen molar-refractivity contribution >= 4 is 11.9 Å². The molecule has 6 heteroatoms. The molecule has 0 saturated carbocycles. The molecule has 4 N–H and O–H groups in total. The molecule has 0 spiro atoms. The fourth-order valence-corrected chi connectivity index (χ4v) is 1.24. The maximum atomic E-state index is 11.1. The standard InChI is InChI=1S/C8H16N4O2/c1-6(7(9)13)10-2-4-12-5-3-11-8(12)14/h6,10H,2-5H2,1H3,(H2,9,13)(H,11,14). The van der Waals surface area contributed by atoms with E-state index in [0.717, 1.165) is 6.54 Å². The average molecular weight is 200 g/mol. The van der Waals surface area contributed by atoms with Crippen molar-refractivity contribution in [2.45, 2.75) is 13.0 Å². The van der Waals surface area contributed by atoms with Crippen LogP contribution in [0.3, 0.4) is 0 Å². The van der Waals surface area contributed by atoms with Crippen molar-refractivity contribution < 1.29 is 9.59 Å². The Morgan fingerprint density at radius 2 is 2.50 bits per heavy atom. The van der Waals surface area contributed by atoms with Gasteiger partial charge in [-0.2, -0.15) is 0 Å². The van der Waals surface area contributed by atoms with Crippen molar-refractivity contribution in [3.8, 4) is 0 Å². The van der Waals surface area contributed by atoms with Gasteiger partial charge in [-0.3, -0.25) is 4.79 Å².